The van der Waals surface area contributed by atoms with Crippen molar-refractivity contribution in [2.75, 3.05) is 7.11 Å². The molecule has 122 valence electrons. The highest BCUT2D eigenvalue weighted by molar-refractivity contribution is 5.89. The van der Waals surface area contributed by atoms with Crippen molar-refractivity contribution in [2.24, 2.45) is 0 Å². The van der Waals surface area contributed by atoms with Crippen LogP contribution in [0.5, 0.6) is 5.75 Å². The van der Waals surface area contributed by atoms with Gasteiger partial charge in [-0.05, 0) is 44.9 Å². The molecular formula is C17H25NO4. The minimum absolute atomic E-state index is 0.0430. The maximum Gasteiger partial charge on any atom is 0.408 e. The number of hydrogen-bond acceptors (Lipinski definition) is 4. The molecule has 1 amide bonds. The molecule has 1 atom stereocenters. The summed E-state index contributed by atoms with van der Waals surface area (Å²) in [5.74, 6) is 0.702. The lowest BCUT2D eigenvalue weighted by Crippen LogP contribution is -2.43. The molecule has 5 heteroatoms. The fourth-order valence-electron chi connectivity index (χ4n) is 1.93. The van der Waals surface area contributed by atoms with E-state index in [0.29, 0.717) is 6.42 Å². The number of carbonyl (C=O) groups excluding carboxylic acids is 2. The van der Waals surface area contributed by atoms with Gasteiger partial charge in [-0.25, -0.2) is 4.79 Å². The Morgan fingerprint density at radius 1 is 1.18 bits per heavy atom. The Labute approximate surface area is 132 Å². The standard InChI is InChI=1S/C17H25NO4/c1-6-14(18-16(20)22-17(2,3)4)15(19)11-12-7-9-13(21-5)10-8-12/h7-10,14H,6,11H2,1-5H3,(H,18,20). The second kappa shape index (κ2) is 7.82. The largest absolute Gasteiger partial charge is 0.497 e. The van der Waals surface area contributed by atoms with Crippen LogP contribution in [0.1, 0.15) is 39.7 Å². The van der Waals surface area contributed by atoms with Crippen LogP contribution in [0, 0.1) is 0 Å². The highest BCUT2D eigenvalue weighted by Crippen LogP contribution is 2.13. The van der Waals surface area contributed by atoms with Crippen LogP contribution in [-0.4, -0.2) is 30.6 Å². The average Bonchev–Trinajstić information content (AvgIpc) is 2.43. The SMILES string of the molecule is CCC(NC(=O)OC(C)(C)C)C(=O)Cc1ccc(OC)cc1. The van der Waals surface area contributed by atoms with Gasteiger partial charge in [0.25, 0.3) is 0 Å². The third-order valence-electron chi connectivity index (χ3n) is 3.03. The normalized spacial score (nSPS) is 12.4. The highest BCUT2D eigenvalue weighted by Gasteiger charge is 2.22. The van der Waals surface area contributed by atoms with E-state index in [1.54, 1.807) is 27.9 Å². The molecule has 1 aromatic rings. The summed E-state index contributed by atoms with van der Waals surface area (Å²) in [6.07, 6.45) is 0.217. The van der Waals surface area contributed by atoms with E-state index in [4.69, 9.17) is 9.47 Å². The maximum absolute atomic E-state index is 12.3. The number of alkyl carbamates (subject to hydrolysis) is 1. The Hall–Kier alpha value is -2.04. The predicted molar refractivity (Wildman–Crippen MR) is 85.2 cm³/mol. The smallest absolute Gasteiger partial charge is 0.408 e. The second-order valence-corrected chi connectivity index (χ2v) is 6.10. The van der Waals surface area contributed by atoms with Gasteiger partial charge in [-0.1, -0.05) is 19.1 Å². The molecule has 0 radical (unpaired) electrons. The maximum atomic E-state index is 12.3. The quantitative estimate of drug-likeness (QED) is 0.877. The molecule has 1 aromatic carbocycles. The van der Waals surface area contributed by atoms with E-state index in [1.807, 2.05) is 31.2 Å². The zero-order valence-corrected chi connectivity index (χ0v) is 13.9. The first kappa shape index (κ1) is 18.0. The average molecular weight is 307 g/mol. The summed E-state index contributed by atoms with van der Waals surface area (Å²) in [7, 11) is 1.60. The Bertz CT molecular complexity index is 502. The van der Waals surface area contributed by atoms with E-state index in [-0.39, 0.29) is 12.2 Å². The second-order valence-electron chi connectivity index (χ2n) is 6.10. The predicted octanol–water partition coefficient (Wildman–Crippen LogP) is 3.11. The molecule has 0 fully saturated rings. The van der Waals surface area contributed by atoms with Crippen molar-refractivity contribution in [3.63, 3.8) is 0 Å². The van der Waals surface area contributed by atoms with Crippen LogP contribution in [0.4, 0.5) is 4.79 Å². The molecule has 0 saturated carbocycles. The van der Waals surface area contributed by atoms with Crippen molar-refractivity contribution in [3.05, 3.63) is 29.8 Å². The van der Waals surface area contributed by atoms with Crippen molar-refractivity contribution in [2.45, 2.75) is 52.2 Å². The third-order valence-corrected chi connectivity index (χ3v) is 3.03. The molecule has 0 spiro atoms. The van der Waals surface area contributed by atoms with Crippen molar-refractivity contribution < 1.29 is 19.1 Å². The van der Waals surface area contributed by atoms with Gasteiger partial charge < -0.3 is 14.8 Å². The van der Waals surface area contributed by atoms with Gasteiger partial charge >= 0.3 is 6.09 Å². The summed E-state index contributed by atoms with van der Waals surface area (Å²) in [6, 6.07) is 6.76. The van der Waals surface area contributed by atoms with Gasteiger partial charge in [0.15, 0.2) is 5.78 Å². The Morgan fingerprint density at radius 3 is 2.23 bits per heavy atom. The van der Waals surface area contributed by atoms with Gasteiger partial charge in [-0.15, -0.1) is 0 Å². The summed E-state index contributed by atoms with van der Waals surface area (Å²) >= 11 is 0. The summed E-state index contributed by atoms with van der Waals surface area (Å²) in [6.45, 7) is 7.21. The number of hydrogen-bond donors (Lipinski definition) is 1. The molecule has 0 aliphatic carbocycles. The van der Waals surface area contributed by atoms with E-state index in [1.165, 1.54) is 0 Å². The molecular weight excluding hydrogens is 282 g/mol. The number of methoxy groups -OCH3 is 1. The summed E-state index contributed by atoms with van der Waals surface area (Å²) in [5.41, 5.74) is 0.303. The van der Waals surface area contributed by atoms with E-state index < -0.39 is 17.7 Å². The fraction of sp³-hybridized carbons (Fsp3) is 0.529. The van der Waals surface area contributed by atoms with Crippen molar-refractivity contribution in [3.8, 4) is 5.75 Å². The molecule has 1 N–H and O–H groups in total. The fourth-order valence-corrected chi connectivity index (χ4v) is 1.93. The lowest BCUT2D eigenvalue weighted by atomic mass is 10.0. The Morgan fingerprint density at radius 2 is 1.77 bits per heavy atom. The van der Waals surface area contributed by atoms with Gasteiger partial charge in [0.05, 0.1) is 13.2 Å². The zero-order chi connectivity index (χ0) is 16.8. The number of Topliss-reactive ketones (excluding diaryl/α,β-unsaturated/α-hetero) is 1. The summed E-state index contributed by atoms with van der Waals surface area (Å²) in [4.78, 5) is 24.1. The monoisotopic (exact) mass is 307 g/mol. The molecule has 0 aliphatic heterocycles. The van der Waals surface area contributed by atoms with Crippen LogP contribution in [0.25, 0.3) is 0 Å². The zero-order valence-electron chi connectivity index (χ0n) is 13.9. The van der Waals surface area contributed by atoms with Crippen LogP contribution in [0.2, 0.25) is 0 Å². The molecule has 5 nitrogen and oxygen atoms in total. The molecule has 22 heavy (non-hydrogen) atoms. The number of ketones is 1. The van der Waals surface area contributed by atoms with Gasteiger partial charge in [-0.3, -0.25) is 4.79 Å². The number of benzene rings is 1. The minimum Gasteiger partial charge on any atom is -0.497 e. The molecule has 0 heterocycles. The van der Waals surface area contributed by atoms with E-state index in [0.717, 1.165) is 11.3 Å². The molecule has 0 bridgehead atoms. The van der Waals surface area contributed by atoms with Crippen LogP contribution >= 0.6 is 0 Å². The first-order valence-corrected chi connectivity index (χ1v) is 7.40. The van der Waals surface area contributed by atoms with Crippen molar-refractivity contribution in [1.82, 2.24) is 5.32 Å². The van der Waals surface area contributed by atoms with Crippen molar-refractivity contribution in [1.29, 1.82) is 0 Å². The molecule has 1 unspecified atom stereocenters. The minimum atomic E-state index is -0.582. The number of amides is 1. The number of ether oxygens (including phenoxy) is 2. The van der Waals surface area contributed by atoms with Gasteiger partial charge in [0.2, 0.25) is 0 Å². The van der Waals surface area contributed by atoms with Crippen molar-refractivity contribution >= 4 is 11.9 Å². The van der Waals surface area contributed by atoms with Crippen LogP contribution in [0.3, 0.4) is 0 Å². The van der Waals surface area contributed by atoms with Crippen LogP contribution in [-0.2, 0) is 16.0 Å². The van der Waals surface area contributed by atoms with E-state index in [9.17, 15) is 9.59 Å². The number of nitrogens with one attached hydrogen (secondary N) is 1. The number of carbonyl (C=O) groups is 2. The Balaban J connectivity index is 2.61. The van der Waals surface area contributed by atoms with Crippen LogP contribution < -0.4 is 10.1 Å². The Kier molecular flexibility index (Phi) is 6.40. The first-order valence-electron chi connectivity index (χ1n) is 7.40. The molecule has 0 saturated heterocycles. The van der Waals surface area contributed by atoms with E-state index >= 15 is 0 Å². The lowest BCUT2D eigenvalue weighted by Gasteiger charge is -2.22. The van der Waals surface area contributed by atoms with Gasteiger partial charge in [0, 0.05) is 6.42 Å². The molecule has 0 aliphatic rings. The third kappa shape index (κ3) is 6.16. The topological polar surface area (TPSA) is 64.6 Å². The van der Waals surface area contributed by atoms with E-state index in [2.05, 4.69) is 5.32 Å². The van der Waals surface area contributed by atoms with Gasteiger partial charge in [-0.2, -0.15) is 0 Å². The van der Waals surface area contributed by atoms with Gasteiger partial charge in [0.1, 0.15) is 11.4 Å². The number of rotatable bonds is 6. The lowest BCUT2D eigenvalue weighted by molar-refractivity contribution is -0.120. The summed E-state index contributed by atoms with van der Waals surface area (Å²) in [5, 5.41) is 2.63. The first-order chi connectivity index (χ1) is 10.2. The van der Waals surface area contributed by atoms with Crippen LogP contribution in [0.15, 0.2) is 24.3 Å². The molecule has 1 rings (SSSR count). The highest BCUT2D eigenvalue weighted by atomic mass is 16.6. The summed E-state index contributed by atoms with van der Waals surface area (Å²) < 4.78 is 10.3. The molecule has 0 aromatic heterocycles.